The van der Waals surface area contributed by atoms with Gasteiger partial charge in [-0.3, -0.25) is 0 Å². The molecular formula is C10H6BrF2NS. The molecule has 5 heteroatoms. The predicted octanol–water partition coefficient (Wildman–Crippen LogP) is 3.36. The third-order valence-electron chi connectivity index (χ3n) is 1.64. The Morgan fingerprint density at radius 2 is 2.20 bits per heavy atom. The molecular weight excluding hydrogens is 284 g/mol. The molecule has 78 valence electrons. The lowest BCUT2D eigenvalue weighted by Crippen LogP contribution is -1.97. The summed E-state index contributed by atoms with van der Waals surface area (Å²) >= 11 is 6.53. The van der Waals surface area contributed by atoms with Crippen molar-refractivity contribution in [3.8, 4) is 11.8 Å². The van der Waals surface area contributed by atoms with Gasteiger partial charge in [0, 0.05) is 11.8 Å². The van der Waals surface area contributed by atoms with Crippen molar-refractivity contribution in [3.63, 3.8) is 0 Å². The minimum Gasteiger partial charge on any atom is -0.227 e. The lowest BCUT2D eigenvalue weighted by molar-refractivity contribution is 0.575. The Morgan fingerprint density at radius 1 is 1.53 bits per heavy atom. The molecule has 0 aromatic heterocycles. The SMILES string of the molecule is CC#Cc1cc(F)c(C=NS)c(F)c1Br. The van der Waals surface area contributed by atoms with Crippen molar-refractivity contribution in [1.82, 2.24) is 0 Å². The molecule has 0 amide bonds. The fourth-order valence-electron chi connectivity index (χ4n) is 1.01. The third-order valence-corrected chi connectivity index (χ3v) is 2.53. The topological polar surface area (TPSA) is 12.4 Å². The van der Waals surface area contributed by atoms with E-state index in [4.69, 9.17) is 0 Å². The Morgan fingerprint density at radius 3 is 2.73 bits per heavy atom. The van der Waals surface area contributed by atoms with Crippen molar-refractivity contribution in [2.24, 2.45) is 4.40 Å². The van der Waals surface area contributed by atoms with Crippen LogP contribution in [0.15, 0.2) is 14.9 Å². The van der Waals surface area contributed by atoms with Crippen molar-refractivity contribution in [2.75, 3.05) is 0 Å². The van der Waals surface area contributed by atoms with Crippen molar-refractivity contribution in [1.29, 1.82) is 0 Å². The highest BCUT2D eigenvalue weighted by Gasteiger charge is 2.14. The lowest BCUT2D eigenvalue weighted by Gasteiger charge is -2.03. The largest absolute Gasteiger partial charge is 0.227 e. The molecule has 0 unspecified atom stereocenters. The van der Waals surface area contributed by atoms with E-state index >= 15 is 0 Å². The predicted molar refractivity (Wildman–Crippen MR) is 63.2 cm³/mol. The molecule has 0 fully saturated rings. The first kappa shape index (κ1) is 12.2. The molecule has 1 nitrogen and oxygen atoms in total. The Hall–Kier alpha value is -0.860. The quantitative estimate of drug-likeness (QED) is 0.352. The summed E-state index contributed by atoms with van der Waals surface area (Å²) in [5.74, 6) is 3.71. The van der Waals surface area contributed by atoms with Crippen molar-refractivity contribution < 1.29 is 8.78 Å². The van der Waals surface area contributed by atoms with Gasteiger partial charge in [0.2, 0.25) is 0 Å². The molecule has 0 aliphatic carbocycles. The van der Waals surface area contributed by atoms with Gasteiger partial charge in [0.1, 0.15) is 11.6 Å². The summed E-state index contributed by atoms with van der Waals surface area (Å²) in [6, 6.07) is 1.15. The van der Waals surface area contributed by atoms with E-state index in [-0.39, 0.29) is 15.6 Å². The monoisotopic (exact) mass is 289 g/mol. The van der Waals surface area contributed by atoms with Crippen LogP contribution in [0.2, 0.25) is 0 Å². The second-order valence-electron chi connectivity index (χ2n) is 2.57. The molecule has 15 heavy (non-hydrogen) atoms. The van der Waals surface area contributed by atoms with Crippen molar-refractivity contribution >= 4 is 35.0 Å². The van der Waals surface area contributed by atoms with E-state index in [2.05, 4.69) is 45.0 Å². The average Bonchev–Trinajstić information content (AvgIpc) is 2.21. The number of halogens is 3. The van der Waals surface area contributed by atoms with Crippen LogP contribution in [0.5, 0.6) is 0 Å². The van der Waals surface area contributed by atoms with E-state index in [1.165, 1.54) is 0 Å². The van der Waals surface area contributed by atoms with Crippen LogP contribution in [0.1, 0.15) is 18.1 Å². The zero-order chi connectivity index (χ0) is 11.4. The van der Waals surface area contributed by atoms with Gasteiger partial charge in [-0.25, -0.2) is 13.2 Å². The minimum absolute atomic E-state index is 0.126. The molecule has 1 aromatic carbocycles. The van der Waals surface area contributed by atoms with Crippen molar-refractivity contribution in [3.05, 3.63) is 33.3 Å². The normalized spacial score (nSPS) is 10.2. The van der Waals surface area contributed by atoms with Gasteiger partial charge in [-0.2, -0.15) is 0 Å². The third kappa shape index (κ3) is 2.58. The molecule has 0 saturated carbocycles. The Kier molecular flexibility index (Phi) is 4.30. The fourth-order valence-corrected chi connectivity index (χ4v) is 1.55. The highest BCUT2D eigenvalue weighted by molar-refractivity contribution is 9.10. The van der Waals surface area contributed by atoms with E-state index < -0.39 is 11.6 Å². The van der Waals surface area contributed by atoms with E-state index in [1.807, 2.05) is 0 Å². The molecule has 0 N–H and O–H groups in total. The van der Waals surface area contributed by atoms with Crippen LogP contribution in [0.3, 0.4) is 0 Å². The summed E-state index contributed by atoms with van der Waals surface area (Å²) in [5.41, 5.74) is 0.0299. The highest BCUT2D eigenvalue weighted by Crippen LogP contribution is 2.25. The summed E-state index contributed by atoms with van der Waals surface area (Å²) in [6.45, 7) is 1.59. The summed E-state index contributed by atoms with van der Waals surface area (Å²) in [6.07, 6.45) is 1.00. The van der Waals surface area contributed by atoms with E-state index in [0.29, 0.717) is 0 Å². The van der Waals surface area contributed by atoms with Crippen LogP contribution in [-0.4, -0.2) is 6.21 Å². The van der Waals surface area contributed by atoms with Crippen LogP contribution in [0.25, 0.3) is 0 Å². The summed E-state index contributed by atoms with van der Waals surface area (Å²) < 4.78 is 30.3. The maximum atomic E-state index is 13.6. The molecule has 0 atom stereocenters. The molecule has 1 aromatic rings. The molecule has 0 aliphatic rings. The average molecular weight is 290 g/mol. The van der Waals surface area contributed by atoms with Crippen LogP contribution in [0, 0.1) is 23.5 Å². The lowest BCUT2D eigenvalue weighted by atomic mass is 10.1. The summed E-state index contributed by atoms with van der Waals surface area (Å²) in [5, 5.41) is 0. The van der Waals surface area contributed by atoms with Gasteiger partial charge in [0.25, 0.3) is 0 Å². The first-order valence-electron chi connectivity index (χ1n) is 3.89. The van der Waals surface area contributed by atoms with Gasteiger partial charge in [-0.1, -0.05) is 5.92 Å². The second-order valence-corrected chi connectivity index (χ2v) is 3.59. The molecule has 0 bridgehead atoms. The summed E-state index contributed by atoms with van der Waals surface area (Å²) in [4.78, 5) is 0. The number of benzene rings is 1. The molecule has 0 radical (unpaired) electrons. The van der Waals surface area contributed by atoms with Gasteiger partial charge in [-0.15, -0.1) is 5.92 Å². The maximum Gasteiger partial charge on any atom is 0.150 e. The van der Waals surface area contributed by atoms with E-state index in [1.54, 1.807) is 6.92 Å². The van der Waals surface area contributed by atoms with E-state index in [0.717, 1.165) is 12.3 Å². The van der Waals surface area contributed by atoms with Gasteiger partial charge in [0.05, 0.1) is 10.0 Å². The Bertz CT molecular complexity index is 475. The zero-order valence-electron chi connectivity index (χ0n) is 7.68. The number of thiol groups is 1. The minimum atomic E-state index is -0.731. The molecule has 0 spiro atoms. The van der Waals surface area contributed by atoms with Crippen molar-refractivity contribution in [2.45, 2.75) is 6.92 Å². The van der Waals surface area contributed by atoms with Gasteiger partial charge in [-0.05, 0) is 41.7 Å². The van der Waals surface area contributed by atoms with Crippen LogP contribution in [-0.2, 0) is 0 Å². The van der Waals surface area contributed by atoms with Crippen LogP contribution in [0.4, 0.5) is 8.78 Å². The first-order chi connectivity index (χ1) is 7.11. The first-order valence-corrected chi connectivity index (χ1v) is 5.08. The number of nitrogens with zero attached hydrogens (tertiary/aromatic N) is 1. The Labute approximate surface area is 100 Å². The van der Waals surface area contributed by atoms with Gasteiger partial charge in [0.15, 0.2) is 0 Å². The highest BCUT2D eigenvalue weighted by atomic mass is 79.9. The molecule has 0 aliphatic heterocycles. The van der Waals surface area contributed by atoms with Gasteiger partial charge < -0.3 is 0 Å². The standard InChI is InChI=1S/C10H6BrF2NS/c1-2-3-6-4-8(12)7(5-14-15)10(13)9(6)11/h4-5,15H,1H3. The fraction of sp³-hybridized carbons (Fsp3) is 0.100. The van der Waals surface area contributed by atoms with Crippen LogP contribution < -0.4 is 0 Å². The zero-order valence-corrected chi connectivity index (χ0v) is 10.2. The Balaban J connectivity index is 3.48. The summed E-state index contributed by atoms with van der Waals surface area (Å²) in [7, 11) is 0. The van der Waals surface area contributed by atoms with E-state index in [9.17, 15) is 8.78 Å². The number of rotatable bonds is 1. The smallest absolute Gasteiger partial charge is 0.150 e. The number of hydrogen-bond acceptors (Lipinski definition) is 2. The second kappa shape index (κ2) is 5.29. The maximum absolute atomic E-state index is 13.6. The molecule has 1 rings (SSSR count). The number of hydrogen-bond donors (Lipinski definition) is 1. The molecule has 0 heterocycles. The molecule has 0 saturated heterocycles. The van der Waals surface area contributed by atoms with Gasteiger partial charge >= 0.3 is 0 Å². The van der Waals surface area contributed by atoms with Crippen LogP contribution >= 0.6 is 28.7 Å².